The number of para-hydroxylation sites is 1. The van der Waals surface area contributed by atoms with Crippen molar-refractivity contribution in [1.82, 2.24) is 10.3 Å². The van der Waals surface area contributed by atoms with Gasteiger partial charge in [-0.25, -0.2) is 9.78 Å². The van der Waals surface area contributed by atoms with Crippen molar-refractivity contribution in [2.24, 2.45) is 0 Å². The summed E-state index contributed by atoms with van der Waals surface area (Å²) in [6, 6.07) is 15.8. The first-order chi connectivity index (χ1) is 14.5. The fourth-order valence-electron chi connectivity index (χ4n) is 3.82. The molecule has 30 heavy (non-hydrogen) atoms. The van der Waals surface area contributed by atoms with E-state index in [4.69, 9.17) is 4.74 Å². The molecule has 7 nitrogen and oxygen atoms in total. The maximum atomic E-state index is 13.0. The number of pyridine rings is 1. The second kappa shape index (κ2) is 7.07. The number of carboxylic acids is 1. The fourth-order valence-corrected chi connectivity index (χ4v) is 4.98. The van der Waals surface area contributed by atoms with E-state index in [9.17, 15) is 14.7 Å². The van der Waals surface area contributed by atoms with E-state index in [0.717, 1.165) is 16.9 Å². The van der Waals surface area contributed by atoms with Crippen molar-refractivity contribution in [3.8, 4) is 11.5 Å². The smallest absolute Gasteiger partial charge is 0.327 e. The Morgan fingerprint density at radius 1 is 1.13 bits per heavy atom. The van der Waals surface area contributed by atoms with Crippen LogP contribution < -0.4 is 15.0 Å². The number of nitrogens with one attached hydrogen (secondary N) is 1. The van der Waals surface area contributed by atoms with E-state index in [1.54, 1.807) is 17.2 Å². The van der Waals surface area contributed by atoms with Crippen molar-refractivity contribution < 1.29 is 19.4 Å². The van der Waals surface area contributed by atoms with Gasteiger partial charge in [0.1, 0.15) is 21.8 Å². The Bertz CT molecular complexity index is 1170. The van der Waals surface area contributed by atoms with Crippen LogP contribution in [0.3, 0.4) is 0 Å². The summed E-state index contributed by atoms with van der Waals surface area (Å²) >= 11 is 1.17. The molecule has 2 aliphatic heterocycles. The topological polar surface area (TPSA) is 91.8 Å². The molecule has 8 heteroatoms. The van der Waals surface area contributed by atoms with Crippen LogP contribution in [0.1, 0.15) is 17.2 Å². The molecule has 2 aliphatic rings. The highest BCUT2D eigenvalue weighted by molar-refractivity contribution is 8.00. The first-order valence-electron chi connectivity index (χ1n) is 9.35. The third-order valence-electron chi connectivity index (χ3n) is 5.14. The van der Waals surface area contributed by atoms with Crippen LogP contribution in [0.5, 0.6) is 11.5 Å². The number of carbonyl (C=O) groups excluding carboxylic acids is 1. The van der Waals surface area contributed by atoms with Gasteiger partial charge in [0.2, 0.25) is 0 Å². The van der Waals surface area contributed by atoms with Gasteiger partial charge in [-0.1, -0.05) is 30.0 Å². The van der Waals surface area contributed by atoms with Gasteiger partial charge in [-0.2, -0.15) is 0 Å². The third kappa shape index (κ3) is 2.96. The Morgan fingerprint density at radius 2 is 1.93 bits per heavy atom. The highest BCUT2D eigenvalue weighted by atomic mass is 32.2. The maximum Gasteiger partial charge on any atom is 0.327 e. The number of nitrogens with zero attached hydrogens (tertiary/aromatic N) is 2. The van der Waals surface area contributed by atoms with Crippen LogP contribution in [0.25, 0.3) is 0 Å². The van der Waals surface area contributed by atoms with Gasteiger partial charge >= 0.3 is 12.0 Å². The molecule has 0 fully saturated rings. The maximum absolute atomic E-state index is 13.0. The molecule has 1 aromatic heterocycles. The van der Waals surface area contributed by atoms with Crippen molar-refractivity contribution in [3.63, 3.8) is 0 Å². The van der Waals surface area contributed by atoms with Crippen LogP contribution in [0.2, 0.25) is 0 Å². The summed E-state index contributed by atoms with van der Waals surface area (Å²) in [5.41, 5.74) is 2.95. The van der Waals surface area contributed by atoms with Gasteiger partial charge in [0.15, 0.2) is 0 Å². The highest BCUT2D eigenvalue weighted by Crippen LogP contribution is 2.50. The average molecular weight is 419 g/mol. The summed E-state index contributed by atoms with van der Waals surface area (Å²) in [6.07, 6.45) is 1.61. The molecular formula is C22H17N3O4S. The SMILES string of the molecule is Cc1cc(Oc2ccccc2)ccc1N1C(=O)NC2c3c1ccnc3SC2C(=O)O. The minimum atomic E-state index is -0.971. The molecule has 2 N–H and O–H groups in total. The number of urea groups is 1. The van der Waals surface area contributed by atoms with Crippen molar-refractivity contribution >= 4 is 35.1 Å². The summed E-state index contributed by atoms with van der Waals surface area (Å²) in [5.74, 6) is 0.424. The first-order valence-corrected chi connectivity index (χ1v) is 10.2. The van der Waals surface area contributed by atoms with E-state index in [2.05, 4.69) is 10.3 Å². The Kier molecular flexibility index (Phi) is 4.36. The normalized spacial score (nSPS) is 19.2. The lowest BCUT2D eigenvalue weighted by Gasteiger charge is -2.34. The van der Waals surface area contributed by atoms with Gasteiger partial charge in [-0.05, 0) is 48.9 Å². The number of hydrogen-bond acceptors (Lipinski definition) is 5. The summed E-state index contributed by atoms with van der Waals surface area (Å²) in [6.45, 7) is 1.91. The van der Waals surface area contributed by atoms with Crippen molar-refractivity contribution in [1.29, 1.82) is 0 Å². The molecule has 5 rings (SSSR count). The summed E-state index contributed by atoms with van der Waals surface area (Å²) in [4.78, 5) is 30.6. The van der Waals surface area contributed by atoms with Crippen LogP contribution in [-0.4, -0.2) is 27.3 Å². The number of thioether (sulfide) groups is 1. The van der Waals surface area contributed by atoms with Gasteiger partial charge in [-0.3, -0.25) is 9.69 Å². The quantitative estimate of drug-likeness (QED) is 0.640. The zero-order chi connectivity index (χ0) is 20.8. The minimum Gasteiger partial charge on any atom is -0.480 e. The average Bonchev–Trinajstić information content (AvgIpc) is 3.10. The molecule has 2 amide bonds. The number of aromatic nitrogens is 1. The molecule has 2 unspecified atom stereocenters. The molecule has 0 saturated carbocycles. The lowest BCUT2D eigenvalue weighted by atomic mass is 10.00. The van der Waals surface area contributed by atoms with Crippen molar-refractivity contribution in [3.05, 3.63) is 71.9 Å². The Morgan fingerprint density at radius 3 is 2.67 bits per heavy atom. The van der Waals surface area contributed by atoms with Gasteiger partial charge < -0.3 is 15.2 Å². The van der Waals surface area contributed by atoms with Crippen LogP contribution in [0.15, 0.2) is 65.8 Å². The number of hydrogen-bond donors (Lipinski definition) is 2. The molecule has 0 saturated heterocycles. The van der Waals surface area contributed by atoms with Crippen LogP contribution in [-0.2, 0) is 4.79 Å². The van der Waals surface area contributed by atoms with Gasteiger partial charge in [0, 0.05) is 11.8 Å². The molecule has 0 radical (unpaired) electrons. The first kappa shape index (κ1) is 18.5. The van der Waals surface area contributed by atoms with E-state index in [1.165, 1.54) is 11.8 Å². The van der Waals surface area contributed by atoms with Crippen molar-refractivity contribution in [2.45, 2.75) is 23.2 Å². The van der Waals surface area contributed by atoms with E-state index in [0.29, 0.717) is 22.2 Å². The molecule has 2 aromatic carbocycles. The number of anilines is 2. The molecule has 2 atom stereocenters. The second-order valence-electron chi connectivity index (χ2n) is 7.05. The number of aryl methyl sites for hydroxylation is 1. The number of rotatable bonds is 4. The van der Waals surface area contributed by atoms with E-state index < -0.39 is 17.3 Å². The lowest BCUT2D eigenvalue weighted by Crippen LogP contribution is -2.47. The zero-order valence-corrected chi connectivity index (χ0v) is 16.7. The number of ether oxygens (including phenoxy) is 1. The summed E-state index contributed by atoms with van der Waals surface area (Å²) in [7, 11) is 0. The van der Waals surface area contributed by atoms with E-state index >= 15 is 0 Å². The predicted molar refractivity (Wildman–Crippen MR) is 113 cm³/mol. The van der Waals surface area contributed by atoms with Gasteiger partial charge in [0.25, 0.3) is 0 Å². The second-order valence-corrected chi connectivity index (χ2v) is 8.18. The Hall–Kier alpha value is -3.52. The molecule has 0 spiro atoms. The van der Waals surface area contributed by atoms with E-state index in [1.807, 2.05) is 55.5 Å². The third-order valence-corrected chi connectivity index (χ3v) is 6.41. The Labute approximate surface area is 176 Å². The van der Waals surface area contributed by atoms with Gasteiger partial charge in [-0.15, -0.1) is 0 Å². The van der Waals surface area contributed by atoms with Crippen LogP contribution >= 0.6 is 11.8 Å². The molecule has 3 aromatic rings. The number of amides is 2. The zero-order valence-electron chi connectivity index (χ0n) is 15.9. The number of carboxylic acid groups (broad SMARTS) is 1. The number of aliphatic carboxylic acids is 1. The standard InChI is InChI=1S/C22H17N3O4S/c1-12-11-14(29-13-5-3-2-4-6-13)7-8-15(12)25-16-9-10-23-20-17(16)18(24-22(25)28)19(30-20)21(26)27/h2-11,18-19H,1H3,(H,24,28)(H,26,27). The monoisotopic (exact) mass is 419 g/mol. The molecule has 3 heterocycles. The fraction of sp³-hybridized carbons (Fsp3) is 0.136. The number of carbonyl (C=O) groups is 2. The van der Waals surface area contributed by atoms with Gasteiger partial charge in [0.05, 0.1) is 17.4 Å². The molecule has 0 bridgehead atoms. The minimum absolute atomic E-state index is 0.363. The molecule has 0 aliphatic carbocycles. The lowest BCUT2D eigenvalue weighted by molar-refractivity contribution is -0.136. The van der Waals surface area contributed by atoms with Crippen molar-refractivity contribution in [2.75, 3.05) is 4.90 Å². The highest BCUT2D eigenvalue weighted by Gasteiger charge is 2.46. The molecular weight excluding hydrogens is 402 g/mol. The summed E-state index contributed by atoms with van der Waals surface area (Å²) < 4.78 is 5.89. The predicted octanol–water partition coefficient (Wildman–Crippen LogP) is 4.64. The van der Waals surface area contributed by atoms with E-state index in [-0.39, 0.29) is 6.03 Å². The number of benzene rings is 2. The van der Waals surface area contributed by atoms with Crippen LogP contribution in [0, 0.1) is 6.92 Å². The molecule has 150 valence electrons. The Balaban J connectivity index is 1.53. The largest absolute Gasteiger partial charge is 0.480 e. The summed E-state index contributed by atoms with van der Waals surface area (Å²) in [5, 5.41) is 12.2. The van der Waals surface area contributed by atoms with Crippen LogP contribution in [0.4, 0.5) is 16.2 Å².